The van der Waals surface area contributed by atoms with Crippen LogP contribution in [0.2, 0.25) is 0 Å². The van der Waals surface area contributed by atoms with Crippen molar-refractivity contribution in [1.29, 1.82) is 0 Å². The van der Waals surface area contributed by atoms with E-state index in [1.165, 1.54) is 5.56 Å². The molecule has 100 valence electrons. The zero-order valence-electron chi connectivity index (χ0n) is 11.1. The fraction of sp³-hybridized carbons (Fsp3) is 0.538. The minimum Gasteiger partial charge on any atom is -0.381 e. The van der Waals surface area contributed by atoms with E-state index in [1.54, 1.807) is 0 Å². The van der Waals surface area contributed by atoms with Gasteiger partial charge in [-0.05, 0) is 31.0 Å². The lowest BCUT2D eigenvalue weighted by Crippen LogP contribution is -2.21. The highest BCUT2D eigenvalue weighted by Crippen LogP contribution is 2.24. The molecule has 0 aromatic heterocycles. The van der Waals surface area contributed by atoms with Crippen molar-refractivity contribution in [2.45, 2.75) is 19.4 Å². The summed E-state index contributed by atoms with van der Waals surface area (Å²) in [7, 11) is 1.19. The first-order valence-corrected chi connectivity index (χ1v) is 7.94. The molecule has 0 amide bonds. The molecule has 1 aromatic rings. The lowest BCUT2D eigenvalue weighted by atomic mass is 10.1. The van der Waals surface area contributed by atoms with Gasteiger partial charge in [-0.25, -0.2) is 8.42 Å². The molecule has 0 bridgehead atoms. The number of nitrogens with one attached hydrogen (secondary N) is 1. The van der Waals surface area contributed by atoms with Gasteiger partial charge in [0.15, 0.2) is 9.84 Å². The summed E-state index contributed by atoms with van der Waals surface area (Å²) in [6.45, 7) is 2.07. The van der Waals surface area contributed by atoms with Crippen molar-refractivity contribution in [2.75, 3.05) is 35.8 Å². The maximum absolute atomic E-state index is 11.4. The molecule has 0 saturated carbocycles. The van der Waals surface area contributed by atoms with Gasteiger partial charge in [0.05, 0.1) is 11.5 Å². The molecule has 1 aliphatic heterocycles. The Balaban J connectivity index is 2.13. The highest BCUT2D eigenvalue weighted by molar-refractivity contribution is 7.91. The Morgan fingerprint density at radius 2 is 2.06 bits per heavy atom. The molecule has 2 rings (SSSR count). The zero-order valence-corrected chi connectivity index (χ0v) is 11.9. The minimum atomic E-state index is -2.82. The summed E-state index contributed by atoms with van der Waals surface area (Å²) in [6, 6.07) is 6.18. The van der Waals surface area contributed by atoms with Crippen LogP contribution in [0.3, 0.4) is 0 Å². The molecular weight excluding hydrogens is 248 g/mol. The molecule has 1 aromatic carbocycles. The second-order valence-corrected chi connectivity index (χ2v) is 7.37. The fourth-order valence-corrected chi connectivity index (χ4v) is 4.00. The number of hydrogen-bond acceptors (Lipinski definition) is 4. The monoisotopic (exact) mass is 268 g/mol. The van der Waals surface area contributed by atoms with E-state index in [0.29, 0.717) is 12.2 Å². The maximum Gasteiger partial charge on any atom is 0.152 e. The Bertz CT molecular complexity index is 538. The summed E-state index contributed by atoms with van der Waals surface area (Å²) in [4.78, 5) is 2.06. The van der Waals surface area contributed by atoms with Crippen molar-refractivity contribution in [1.82, 2.24) is 0 Å². The van der Waals surface area contributed by atoms with Gasteiger partial charge in [-0.2, -0.15) is 0 Å². The molecule has 1 fully saturated rings. The van der Waals surface area contributed by atoms with E-state index in [9.17, 15) is 8.42 Å². The fourth-order valence-electron chi connectivity index (χ4n) is 2.33. The predicted molar refractivity (Wildman–Crippen MR) is 76.2 cm³/mol. The first kappa shape index (κ1) is 13.2. The summed E-state index contributed by atoms with van der Waals surface area (Å²) < 4.78 is 22.8. The predicted octanol–water partition coefficient (Wildman–Crippen LogP) is 1.66. The number of hydrogen-bond donors (Lipinski definition) is 1. The quantitative estimate of drug-likeness (QED) is 0.906. The standard InChI is InChI=1S/C13H20N2O2S/c1-10-4-5-11(8-13(10)15(2)3)14-12-6-7-18(16,17)9-12/h4-5,8,12,14H,6-7,9H2,1-3H3. The van der Waals surface area contributed by atoms with Crippen LogP contribution in [0.1, 0.15) is 12.0 Å². The van der Waals surface area contributed by atoms with E-state index < -0.39 is 9.84 Å². The van der Waals surface area contributed by atoms with Crippen molar-refractivity contribution >= 4 is 21.2 Å². The number of rotatable bonds is 3. The topological polar surface area (TPSA) is 49.4 Å². The highest BCUT2D eigenvalue weighted by Gasteiger charge is 2.27. The Labute approximate surface area is 109 Å². The van der Waals surface area contributed by atoms with Gasteiger partial charge < -0.3 is 10.2 Å². The average molecular weight is 268 g/mol. The van der Waals surface area contributed by atoms with Crippen LogP contribution in [0.4, 0.5) is 11.4 Å². The lowest BCUT2D eigenvalue weighted by Gasteiger charge is -2.19. The largest absolute Gasteiger partial charge is 0.381 e. The molecule has 0 spiro atoms. The summed E-state index contributed by atoms with van der Waals surface area (Å²) in [5.74, 6) is 0.551. The van der Waals surface area contributed by atoms with Crippen LogP contribution >= 0.6 is 0 Å². The van der Waals surface area contributed by atoms with Gasteiger partial charge in [0, 0.05) is 31.5 Å². The molecular formula is C13H20N2O2S. The number of sulfone groups is 1. The van der Waals surface area contributed by atoms with Gasteiger partial charge in [0.2, 0.25) is 0 Å². The van der Waals surface area contributed by atoms with Crippen molar-refractivity contribution < 1.29 is 8.42 Å². The number of anilines is 2. The van der Waals surface area contributed by atoms with Crippen molar-refractivity contribution in [3.05, 3.63) is 23.8 Å². The van der Waals surface area contributed by atoms with E-state index in [4.69, 9.17) is 0 Å². The van der Waals surface area contributed by atoms with Crippen molar-refractivity contribution in [3.63, 3.8) is 0 Å². The van der Waals surface area contributed by atoms with Gasteiger partial charge in [-0.3, -0.25) is 0 Å². The zero-order chi connectivity index (χ0) is 13.3. The van der Waals surface area contributed by atoms with E-state index >= 15 is 0 Å². The lowest BCUT2D eigenvalue weighted by molar-refractivity contribution is 0.602. The van der Waals surface area contributed by atoms with Crippen LogP contribution in [0, 0.1) is 6.92 Å². The van der Waals surface area contributed by atoms with E-state index in [0.717, 1.165) is 11.4 Å². The van der Waals surface area contributed by atoms with Crippen LogP contribution in [0.15, 0.2) is 18.2 Å². The summed E-state index contributed by atoms with van der Waals surface area (Å²) >= 11 is 0. The molecule has 1 saturated heterocycles. The van der Waals surface area contributed by atoms with Crippen LogP contribution in [0.5, 0.6) is 0 Å². The SMILES string of the molecule is Cc1ccc(NC2CCS(=O)(=O)C2)cc1N(C)C. The second kappa shape index (κ2) is 4.80. The average Bonchev–Trinajstić information content (AvgIpc) is 2.60. The highest BCUT2D eigenvalue weighted by atomic mass is 32.2. The Kier molecular flexibility index (Phi) is 3.52. The number of benzene rings is 1. The van der Waals surface area contributed by atoms with E-state index in [2.05, 4.69) is 29.3 Å². The van der Waals surface area contributed by atoms with Crippen LogP contribution in [0.25, 0.3) is 0 Å². The van der Waals surface area contributed by atoms with E-state index in [-0.39, 0.29) is 11.8 Å². The summed E-state index contributed by atoms with van der Waals surface area (Å²) in [6.07, 6.45) is 0.702. The Morgan fingerprint density at radius 1 is 1.33 bits per heavy atom. The first-order valence-electron chi connectivity index (χ1n) is 6.12. The van der Waals surface area contributed by atoms with Gasteiger partial charge >= 0.3 is 0 Å². The molecule has 18 heavy (non-hydrogen) atoms. The van der Waals surface area contributed by atoms with Crippen LogP contribution < -0.4 is 10.2 Å². The smallest absolute Gasteiger partial charge is 0.152 e. The van der Waals surface area contributed by atoms with Gasteiger partial charge in [0.25, 0.3) is 0 Å². The van der Waals surface area contributed by atoms with Crippen molar-refractivity contribution in [2.24, 2.45) is 0 Å². The molecule has 1 aliphatic rings. The molecule has 0 aliphatic carbocycles. The van der Waals surface area contributed by atoms with Gasteiger partial charge in [-0.15, -0.1) is 0 Å². The van der Waals surface area contributed by atoms with Gasteiger partial charge in [-0.1, -0.05) is 6.07 Å². The molecule has 4 nitrogen and oxygen atoms in total. The van der Waals surface area contributed by atoms with Gasteiger partial charge in [0.1, 0.15) is 0 Å². The van der Waals surface area contributed by atoms with Crippen molar-refractivity contribution in [3.8, 4) is 0 Å². The van der Waals surface area contributed by atoms with E-state index in [1.807, 2.05) is 20.2 Å². The third kappa shape index (κ3) is 2.96. The third-order valence-electron chi connectivity index (χ3n) is 3.29. The molecule has 1 unspecified atom stereocenters. The van der Waals surface area contributed by atoms with Crippen LogP contribution in [-0.4, -0.2) is 40.1 Å². The third-order valence-corrected chi connectivity index (χ3v) is 5.06. The molecule has 1 N–H and O–H groups in total. The normalized spacial score (nSPS) is 21.8. The summed E-state index contributed by atoms with van der Waals surface area (Å²) in [5.41, 5.74) is 3.36. The first-order chi connectivity index (χ1) is 8.37. The van der Waals surface area contributed by atoms with Crippen LogP contribution in [-0.2, 0) is 9.84 Å². The second-order valence-electron chi connectivity index (χ2n) is 5.14. The Hall–Kier alpha value is -1.23. The molecule has 5 heteroatoms. The summed E-state index contributed by atoms with van der Waals surface area (Å²) in [5, 5.41) is 3.31. The minimum absolute atomic E-state index is 0.0488. The maximum atomic E-state index is 11.4. The molecule has 0 radical (unpaired) electrons. The number of aryl methyl sites for hydroxylation is 1. The number of nitrogens with zero attached hydrogens (tertiary/aromatic N) is 1. The molecule has 1 heterocycles. The Morgan fingerprint density at radius 3 is 2.61 bits per heavy atom. The molecule has 1 atom stereocenters.